The molecule has 2 aromatic rings. The summed E-state index contributed by atoms with van der Waals surface area (Å²) in [5, 5.41) is 9.16. The Morgan fingerprint density at radius 2 is 1.85 bits per heavy atom. The number of carbonyl (C=O) groups excluding carboxylic acids is 3. The van der Waals surface area contributed by atoms with E-state index in [1.165, 1.54) is 0 Å². The van der Waals surface area contributed by atoms with Crippen molar-refractivity contribution in [2.45, 2.75) is 51.4 Å². The molecule has 4 amide bonds. The summed E-state index contributed by atoms with van der Waals surface area (Å²) in [7, 11) is 0. The first-order chi connectivity index (χ1) is 15.8. The Bertz CT molecular complexity index is 1190. The molecule has 6 rings (SSSR count). The third kappa shape index (κ3) is 2.68. The molecule has 5 heterocycles. The zero-order valence-corrected chi connectivity index (χ0v) is 18.3. The average Bonchev–Trinajstić information content (AvgIpc) is 3.41. The minimum Gasteiger partial charge on any atom is -0.372 e. The van der Waals surface area contributed by atoms with Gasteiger partial charge in [0.1, 0.15) is 0 Å². The molecule has 0 saturated carbocycles. The van der Waals surface area contributed by atoms with Crippen LogP contribution >= 0.6 is 0 Å². The number of morpholine rings is 1. The molecule has 3 atom stereocenters. The number of benzene rings is 1. The number of hydrogen-bond acceptors (Lipinski definition) is 8. The van der Waals surface area contributed by atoms with Gasteiger partial charge in [-0.2, -0.15) is 0 Å². The molecule has 3 fully saturated rings. The lowest BCUT2D eigenvalue weighted by molar-refractivity contribution is -0.153. The summed E-state index contributed by atoms with van der Waals surface area (Å²) >= 11 is 0. The maximum absolute atomic E-state index is 16.0. The molecule has 4 aliphatic rings. The second kappa shape index (κ2) is 6.89. The van der Waals surface area contributed by atoms with Crippen LogP contribution < -0.4 is 20.4 Å². The molecule has 10 nitrogen and oxygen atoms in total. The topological polar surface area (TPSA) is 117 Å². The van der Waals surface area contributed by atoms with E-state index in [1.54, 1.807) is 17.9 Å². The van der Waals surface area contributed by atoms with Gasteiger partial charge in [0.2, 0.25) is 17.4 Å². The van der Waals surface area contributed by atoms with Crippen molar-refractivity contribution in [1.29, 1.82) is 0 Å². The van der Waals surface area contributed by atoms with Gasteiger partial charge in [0.05, 0.1) is 29.3 Å². The van der Waals surface area contributed by atoms with Gasteiger partial charge in [-0.3, -0.25) is 20.2 Å². The van der Waals surface area contributed by atoms with Gasteiger partial charge in [0.15, 0.2) is 17.1 Å². The minimum atomic E-state index is -1.65. The molecule has 11 heteroatoms. The van der Waals surface area contributed by atoms with E-state index < -0.39 is 41.2 Å². The highest BCUT2D eigenvalue weighted by molar-refractivity contribution is 6.20. The predicted molar refractivity (Wildman–Crippen MR) is 114 cm³/mol. The molecule has 0 aliphatic carbocycles. The van der Waals surface area contributed by atoms with Crippen LogP contribution in [0.2, 0.25) is 0 Å². The number of nitrogens with one attached hydrogen (secondary N) is 2. The van der Waals surface area contributed by atoms with Crippen molar-refractivity contribution in [2.24, 2.45) is 5.41 Å². The number of halogens is 1. The summed E-state index contributed by atoms with van der Waals surface area (Å²) in [6.07, 6.45) is 1.13. The molecular weight excluding hydrogens is 433 g/mol. The first kappa shape index (κ1) is 20.4. The highest BCUT2D eigenvalue weighted by atomic mass is 19.1. The number of imide groups is 2. The monoisotopic (exact) mass is 457 g/mol. The molecule has 1 aromatic heterocycles. The summed E-state index contributed by atoms with van der Waals surface area (Å²) in [5.74, 6) is -1.40. The van der Waals surface area contributed by atoms with Gasteiger partial charge in [-0.1, -0.05) is 5.16 Å². The van der Waals surface area contributed by atoms with E-state index in [0.717, 1.165) is 25.9 Å². The quantitative estimate of drug-likeness (QED) is 0.619. The largest absolute Gasteiger partial charge is 0.372 e. The van der Waals surface area contributed by atoms with Crippen molar-refractivity contribution >= 4 is 40.3 Å². The first-order valence-corrected chi connectivity index (χ1v) is 11.3. The molecule has 0 radical (unpaired) electrons. The van der Waals surface area contributed by atoms with Crippen LogP contribution in [0.5, 0.6) is 0 Å². The summed E-state index contributed by atoms with van der Waals surface area (Å²) in [6.45, 7) is 5.49. The zero-order valence-electron chi connectivity index (χ0n) is 18.3. The summed E-state index contributed by atoms with van der Waals surface area (Å²) in [6, 6.07) is 0.113. The summed E-state index contributed by atoms with van der Waals surface area (Å²) < 4.78 is 27.4. The Balaban J connectivity index is 1.58. The number of nitrogens with zero attached hydrogens (tertiary/aromatic N) is 3. The van der Waals surface area contributed by atoms with Gasteiger partial charge in [-0.15, -0.1) is 0 Å². The molecule has 3 saturated heterocycles. The van der Waals surface area contributed by atoms with E-state index in [4.69, 9.17) is 9.26 Å². The smallest absolute Gasteiger partial charge is 0.328 e. The van der Waals surface area contributed by atoms with Crippen molar-refractivity contribution in [3.63, 3.8) is 0 Å². The third-order valence-corrected chi connectivity index (χ3v) is 7.35. The molecule has 0 bridgehead atoms. The molecule has 1 aromatic carbocycles. The van der Waals surface area contributed by atoms with Crippen LogP contribution in [0.4, 0.5) is 20.7 Å². The van der Waals surface area contributed by atoms with Gasteiger partial charge < -0.3 is 19.1 Å². The van der Waals surface area contributed by atoms with Crippen LogP contribution in [-0.2, 0) is 20.7 Å². The number of anilines is 2. The minimum absolute atomic E-state index is 0.0601. The molecule has 4 aliphatic heterocycles. The average molecular weight is 457 g/mol. The molecule has 2 N–H and O–H groups in total. The number of aromatic nitrogens is 1. The second-order valence-electron chi connectivity index (χ2n) is 9.41. The number of fused-ring (bicyclic) bond motifs is 5. The second-order valence-corrected chi connectivity index (χ2v) is 9.41. The van der Waals surface area contributed by atoms with E-state index in [1.807, 2.05) is 6.92 Å². The first-order valence-electron chi connectivity index (χ1n) is 11.3. The van der Waals surface area contributed by atoms with Crippen molar-refractivity contribution < 1.29 is 28.0 Å². The van der Waals surface area contributed by atoms with Crippen molar-refractivity contribution in [3.8, 4) is 0 Å². The zero-order chi connectivity index (χ0) is 23.1. The highest BCUT2D eigenvalue weighted by Crippen LogP contribution is 2.49. The molecular formula is C22H24FN5O5. The fourth-order valence-corrected chi connectivity index (χ4v) is 6.09. The van der Waals surface area contributed by atoms with Gasteiger partial charge >= 0.3 is 6.03 Å². The normalized spacial score (nSPS) is 28.7. The molecule has 0 unspecified atom stereocenters. The van der Waals surface area contributed by atoms with Crippen LogP contribution in [0.1, 0.15) is 32.3 Å². The number of ether oxygens (including phenoxy) is 1. The SMILES string of the molecule is C[C@@H]1CN2c3c(cc4c(N5CCCC5)noc4c3F)CC3(C(=O)NC(=O)NC3=O)[C@H]2[C@H](C)O1. The Hall–Kier alpha value is -3.21. The van der Waals surface area contributed by atoms with Gasteiger partial charge in [-0.05, 0) is 38.3 Å². The number of carbonyl (C=O) groups is 3. The number of urea groups is 1. The van der Waals surface area contributed by atoms with E-state index >= 15 is 4.39 Å². The number of amides is 4. The Kier molecular flexibility index (Phi) is 4.26. The number of rotatable bonds is 1. The number of hydrogen-bond donors (Lipinski definition) is 2. The lowest BCUT2D eigenvalue weighted by Crippen LogP contribution is -2.75. The highest BCUT2D eigenvalue weighted by Gasteiger charge is 2.63. The number of barbiturate groups is 1. The molecule has 174 valence electrons. The van der Waals surface area contributed by atoms with Crippen LogP contribution in [-0.4, -0.2) is 60.9 Å². The van der Waals surface area contributed by atoms with E-state index in [-0.39, 0.29) is 24.7 Å². The summed E-state index contributed by atoms with van der Waals surface area (Å²) in [4.78, 5) is 42.1. The van der Waals surface area contributed by atoms with E-state index in [2.05, 4.69) is 20.7 Å². The van der Waals surface area contributed by atoms with Crippen LogP contribution in [0, 0.1) is 11.2 Å². The Morgan fingerprint density at radius 3 is 2.55 bits per heavy atom. The van der Waals surface area contributed by atoms with Gasteiger partial charge in [0, 0.05) is 26.1 Å². The van der Waals surface area contributed by atoms with Crippen LogP contribution in [0.3, 0.4) is 0 Å². The summed E-state index contributed by atoms with van der Waals surface area (Å²) in [5.41, 5.74) is -0.793. The lowest BCUT2D eigenvalue weighted by atomic mass is 9.66. The van der Waals surface area contributed by atoms with Crippen LogP contribution in [0.25, 0.3) is 11.0 Å². The Labute approximate surface area is 188 Å². The van der Waals surface area contributed by atoms with E-state index in [0.29, 0.717) is 22.5 Å². The van der Waals surface area contributed by atoms with Crippen molar-refractivity contribution in [1.82, 2.24) is 15.8 Å². The predicted octanol–water partition coefficient (Wildman–Crippen LogP) is 1.46. The van der Waals surface area contributed by atoms with E-state index in [9.17, 15) is 14.4 Å². The van der Waals surface area contributed by atoms with Crippen molar-refractivity contribution in [3.05, 3.63) is 17.4 Å². The maximum Gasteiger partial charge on any atom is 0.328 e. The van der Waals surface area contributed by atoms with Crippen molar-refractivity contribution in [2.75, 3.05) is 29.4 Å². The fourth-order valence-electron chi connectivity index (χ4n) is 6.09. The van der Waals surface area contributed by atoms with Gasteiger partial charge in [-0.25, -0.2) is 9.18 Å². The lowest BCUT2D eigenvalue weighted by Gasteiger charge is -2.55. The third-order valence-electron chi connectivity index (χ3n) is 7.35. The molecule has 1 spiro atoms. The fraction of sp³-hybridized carbons (Fsp3) is 0.545. The standard InChI is InChI=1S/C22H24FN5O5/c1-10-9-28-15-12(7-13-16(14(15)23)33-26-18(13)27-5-3-4-6-27)8-22(17(28)11(2)32-10)19(29)24-21(31)25-20(22)30/h7,10-11,17H,3-6,8-9H2,1-2H3,(H2,24,25,29,30,31)/t10-,11+,17-/m1/s1. The molecule has 33 heavy (non-hydrogen) atoms. The maximum atomic E-state index is 16.0. The van der Waals surface area contributed by atoms with Gasteiger partial charge in [0.25, 0.3) is 0 Å². The van der Waals surface area contributed by atoms with Crippen LogP contribution in [0.15, 0.2) is 10.6 Å². The Morgan fingerprint density at radius 1 is 1.15 bits per heavy atom.